The molecule has 1 saturated carbocycles. The minimum Gasteiger partial charge on any atom is -0.339 e. The van der Waals surface area contributed by atoms with E-state index in [0.717, 1.165) is 44.6 Å². The fourth-order valence-electron chi connectivity index (χ4n) is 3.39. The molecule has 0 spiro atoms. The summed E-state index contributed by atoms with van der Waals surface area (Å²) in [6.45, 7) is 7.64. The van der Waals surface area contributed by atoms with Crippen molar-refractivity contribution in [2.75, 3.05) is 46.3 Å². The van der Waals surface area contributed by atoms with E-state index in [2.05, 4.69) is 24.2 Å². The Morgan fingerprint density at radius 2 is 1.65 bits per heavy atom. The van der Waals surface area contributed by atoms with Crippen LogP contribution in [0, 0.1) is 11.8 Å². The third kappa shape index (κ3) is 4.74. The van der Waals surface area contributed by atoms with E-state index in [1.54, 1.807) is 0 Å². The normalized spacial score (nSPS) is 28.6. The molecule has 20 heavy (non-hydrogen) atoms. The van der Waals surface area contributed by atoms with Crippen molar-refractivity contribution in [1.82, 2.24) is 15.1 Å². The number of rotatable bonds is 5. The largest absolute Gasteiger partial charge is 0.339 e. The number of nitrogens with zero attached hydrogens (tertiary/aromatic N) is 2. The molecule has 116 valence electrons. The van der Waals surface area contributed by atoms with Gasteiger partial charge in [-0.05, 0) is 38.3 Å². The van der Waals surface area contributed by atoms with Gasteiger partial charge in [-0.25, -0.2) is 0 Å². The molecule has 0 aromatic heterocycles. The van der Waals surface area contributed by atoms with Gasteiger partial charge >= 0.3 is 0 Å². The SMILES string of the molecule is CCC1CCC(CNCC(=O)N2CCN(C)CC2)CC1. The number of carbonyl (C=O) groups excluding carboxylic acids is 1. The highest BCUT2D eigenvalue weighted by atomic mass is 16.2. The summed E-state index contributed by atoms with van der Waals surface area (Å²) in [6, 6.07) is 0. The van der Waals surface area contributed by atoms with E-state index in [9.17, 15) is 4.79 Å². The van der Waals surface area contributed by atoms with Crippen molar-refractivity contribution >= 4 is 5.91 Å². The molecule has 2 aliphatic rings. The van der Waals surface area contributed by atoms with Crippen molar-refractivity contribution in [3.63, 3.8) is 0 Å². The quantitative estimate of drug-likeness (QED) is 0.831. The summed E-state index contributed by atoms with van der Waals surface area (Å²) in [5.74, 6) is 2.02. The van der Waals surface area contributed by atoms with Gasteiger partial charge in [0.25, 0.3) is 0 Å². The van der Waals surface area contributed by atoms with Crippen molar-refractivity contribution < 1.29 is 4.79 Å². The lowest BCUT2D eigenvalue weighted by Gasteiger charge is -2.33. The second-order valence-corrected chi connectivity index (χ2v) is 6.61. The fraction of sp³-hybridized carbons (Fsp3) is 0.938. The first-order valence-corrected chi connectivity index (χ1v) is 8.36. The summed E-state index contributed by atoms with van der Waals surface area (Å²) >= 11 is 0. The van der Waals surface area contributed by atoms with Gasteiger partial charge in [0.2, 0.25) is 5.91 Å². The molecule has 2 fully saturated rings. The van der Waals surface area contributed by atoms with Crippen LogP contribution < -0.4 is 5.32 Å². The maximum Gasteiger partial charge on any atom is 0.236 e. The summed E-state index contributed by atoms with van der Waals surface area (Å²) in [7, 11) is 2.12. The molecule has 0 aromatic carbocycles. The Labute approximate surface area is 123 Å². The van der Waals surface area contributed by atoms with E-state index in [0.29, 0.717) is 6.54 Å². The lowest BCUT2D eigenvalue weighted by Crippen LogP contribution is -2.49. The van der Waals surface area contributed by atoms with Crippen LogP contribution in [-0.4, -0.2) is 62.0 Å². The van der Waals surface area contributed by atoms with Gasteiger partial charge in [-0.1, -0.05) is 26.2 Å². The molecular formula is C16H31N3O. The van der Waals surface area contributed by atoms with Crippen LogP contribution in [0.15, 0.2) is 0 Å². The first-order valence-electron chi connectivity index (χ1n) is 8.36. The lowest BCUT2D eigenvalue weighted by atomic mass is 9.81. The number of nitrogens with one attached hydrogen (secondary N) is 1. The maximum absolute atomic E-state index is 12.1. The van der Waals surface area contributed by atoms with E-state index >= 15 is 0 Å². The summed E-state index contributed by atoms with van der Waals surface area (Å²) in [4.78, 5) is 16.4. The second kappa shape index (κ2) is 7.99. The Hall–Kier alpha value is -0.610. The molecule has 2 rings (SSSR count). The first-order chi connectivity index (χ1) is 9.69. The number of likely N-dealkylation sites (N-methyl/N-ethyl adjacent to an activating group) is 1. The standard InChI is InChI=1S/C16H31N3O/c1-3-14-4-6-15(7-5-14)12-17-13-16(20)19-10-8-18(2)9-11-19/h14-15,17H,3-13H2,1-2H3. The van der Waals surface area contributed by atoms with Crippen LogP contribution >= 0.6 is 0 Å². The highest BCUT2D eigenvalue weighted by molar-refractivity contribution is 5.78. The minimum absolute atomic E-state index is 0.278. The number of hydrogen-bond donors (Lipinski definition) is 1. The average molecular weight is 281 g/mol. The third-order valence-electron chi connectivity index (χ3n) is 5.11. The van der Waals surface area contributed by atoms with Crippen molar-refractivity contribution in [1.29, 1.82) is 0 Å². The molecule has 0 aromatic rings. The molecule has 4 nitrogen and oxygen atoms in total. The van der Waals surface area contributed by atoms with Gasteiger partial charge in [-0.15, -0.1) is 0 Å². The van der Waals surface area contributed by atoms with E-state index in [-0.39, 0.29) is 5.91 Å². The first kappa shape index (κ1) is 15.8. The Morgan fingerprint density at radius 1 is 1.05 bits per heavy atom. The van der Waals surface area contributed by atoms with Crippen LogP contribution in [0.2, 0.25) is 0 Å². The van der Waals surface area contributed by atoms with Crippen LogP contribution in [0.5, 0.6) is 0 Å². The zero-order chi connectivity index (χ0) is 14.4. The van der Waals surface area contributed by atoms with Gasteiger partial charge in [0.1, 0.15) is 0 Å². The van der Waals surface area contributed by atoms with Gasteiger partial charge in [0.05, 0.1) is 6.54 Å². The topological polar surface area (TPSA) is 35.6 Å². The van der Waals surface area contributed by atoms with Crippen molar-refractivity contribution in [3.8, 4) is 0 Å². The van der Waals surface area contributed by atoms with E-state index < -0.39 is 0 Å². The molecule has 1 N–H and O–H groups in total. The van der Waals surface area contributed by atoms with E-state index in [4.69, 9.17) is 0 Å². The smallest absolute Gasteiger partial charge is 0.236 e. The number of amides is 1. The summed E-state index contributed by atoms with van der Waals surface area (Å²) in [5, 5.41) is 3.39. The van der Waals surface area contributed by atoms with Crippen molar-refractivity contribution in [3.05, 3.63) is 0 Å². The summed E-state index contributed by atoms with van der Waals surface area (Å²) < 4.78 is 0. The van der Waals surface area contributed by atoms with Crippen LogP contribution in [0.25, 0.3) is 0 Å². The Bertz CT molecular complexity index is 292. The Balaban J connectivity index is 1.58. The lowest BCUT2D eigenvalue weighted by molar-refractivity contribution is -0.131. The third-order valence-corrected chi connectivity index (χ3v) is 5.11. The monoisotopic (exact) mass is 281 g/mol. The fourth-order valence-corrected chi connectivity index (χ4v) is 3.39. The molecule has 1 saturated heterocycles. The van der Waals surface area contributed by atoms with Gasteiger partial charge in [0.15, 0.2) is 0 Å². The Morgan fingerprint density at radius 3 is 2.25 bits per heavy atom. The molecule has 1 heterocycles. The van der Waals surface area contributed by atoms with Gasteiger partial charge in [-0.3, -0.25) is 4.79 Å². The molecule has 1 aliphatic carbocycles. The minimum atomic E-state index is 0.278. The molecule has 0 unspecified atom stereocenters. The van der Waals surface area contributed by atoms with Gasteiger partial charge < -0.3 is 15.1 Å². The van der Waals surface area contributed by atoms with E-state index in [1.165, 1.54) is 32.1 Å². The average Bonchev–Trinajstić information content (AvgIpc) is 2.48. The van der Waals surface area contributed by atoms with Crippen molar-refractivity contribution in [2.24, 2.45) is 11.8 Å². The number of carbonyl (C=O) groups is 1. The predicted molar refractivity (Wildman–Crippen MR) is 82.7 cm³/mol. The highest BCUT2D eigenvalue weighted by Crippen LogP contribution is 2.29. The second-order valence-electron chi connectivity index (χ2n) is 6.61. The summed E-state index contributed by atoms with van der Waals surface area (Å²) in [5.41, 5.74) is 0. The molecule has 1 aliphatic heterocycles. The molecule has 1 amide bonds. The number of hydrogen-bond acceptors (Lipinski definition) is 3. The number of piperazine rings is 1. The molecule has 0 atom stereocenters. The van der Waals surface area contributed by atoms with Gasteiger partial charge in [0, 0.05) is 26.2 Å². The zero-order valence-electron chi connectivity index (χ0n) is 13.2. The van der Waals surface area contributed by atoms with Gasteiger partial charge in [-0.2, -0.15) is 0 Å². The zero-order valence-corrected chi connectivity index (χ0v) is 13.2. The molecular weight excluding hydrogens is 250 g/mol. The summed E-state index contributed by atoms with van der Waals surface area (Å²) in [6.07, 6.45) is 6.79. The van der Waals surface area contributed by atoms with Crippen molar-refractivity contribution in [2.45, 2.75) is 39.0 Å². The van der Waals surface area contributed by atoms with E-state index in [1.807, 2.05) is 4.90 Å². The Kier molecular flexibility index (Phi) is 6.30. The maximum atomic E-state index is 12.1. The van der Waals surface area contributed by atoms with Crippen LogP contribution in [0.4, 0.5) is 0 Å². The van der Waals surface area contributed by atoms with Crippen LogP contribution in [0.3, 0.4) is 0 Å². The highest BCUT2D eigenvalue weighted by Gasteiger charge is 2.21. The molecule has 4 heteroatoms. The molecule has 0 bridgehead atoms. The van der Waals surface area contributed by atoms with Crippen LogP contribution in [-0.2, 0) is 4.79 Å². The predicted octanol–water partition coefficient (Wildman–Crippen LogP) is 1.57. The van der Waals surface area contributed by atoms with Crippen LogP contribution in [0.1, 0.15) is 39.0 Å². The molecule has 0 radical (unpaired) electrons.